The standard InChI is InChI=1S/C12H21BN2O/c1-6-15-8-10(7-14-15)13-9-11(2,3)12(4,5)16-13/h7-8H,6,9H2,1-5H3. The summed E-state index contributed by atoms with van der Waals surface area (Å²) in [6, 6.07) is 0. The quantitative estimate of drug-likeness (QED) is 0.712. The zero-order valence-corrected chi connectivity index (χ0v) is 10.9. The molecule has 0 bridgehead atoms. The summed E-state index contributed by atoms with van der Waals surface area (Å²) in [4.78, 5) is 0. The van der Waals surface area contributed by atoms with Gasteiger partial charge in [-0.15, -0.1) is 0 Å². The van der Waals surface area contributed by atoms with Gasteiger partial charge < -0.3 is 4.65 Å². The van der Waals surface area contributed by atoms with Crippen LogP contribution in [0.5, 0.6) is 0 Å². The Labute approximate surface area is 98.3 Å². The minimum atomic E-state index is -0.0635. The van der Waals surface area contributed by atoms with E-state index in [0.29, 0.717) is 0 Å². The molecule has 0 spiro atoms. The number of aryl methyl sites for hydroxylation is 1. The monoisotopic (exact) mass is 220 g/mol. The molecule has 0 atom stereocenters. The van der Waals surface area contributed by atoms with Crippen LogP contribution in [0.25, 0.3) is 0 Å². The second kappa shape index (κ2) is 3.62. The van der Waals surface area contributed by atoms with Crippen molar-refractivity contribution in [2.45, 2.75) is 53.1 Å². The molecule has 1 saturated heterocycles. The molecule has 0 aromatic carbocycles. The van der Waals surface area contributed by atoms with Gasteiger partial charge in [0.1, 0.15) is 0 Å². The number of aromatic nitrogens is 2. The van der Waals surface area contributed by atoms with Crippen LogP contribution in [0.2, 0.25) is 6.32 Å². The fraction of sp³-hybridized carbons (Fsp3) is 0.750. The van der Waals surface area contributed by atoms with Gasteiger partial charge >= 0.3 is 6.92 Å². The Balaban J connectivity index is 2.20. The van der Waals surface area contributed by atoms with Crippen molar-refractivity contribution in [3.63, 3.8) is 0 Å². The second-order valence-corrected chi connectivity index (χ2v) is 5.83. The summed E-state index contributed by atoms with van der Waals surface area (Å²) in [6.07, 6.45) is 5.10. The molecule has 1 aromatic rings. The Morgan fingerprint density at radius 2 is 2.12 bits per heavy atom. The Kier molecular flexibility index (Phi) is 2.65. The van der Waals surface area contributed by atoms with Crippen LogP contribution in [0.1, 0.15) is 34.6 Å². The first-order valence-corrected chi connectivity index (χ1v) is 6.06. The Morgan fingerprint density at radius 1 is 1.44 bits per heavy atom. The molecule has 1 aliphatic heterocycles. The van der Waals surface area contributed by atoms with Gasteiger partial charge in [0.15, 0.2) is 0 Å². The highest BCUT2D eigenvalue weighted by Crippen LogP contribution is 2.44. The molecule has 1 aromatic heterocycles. The van der Waals surface area contributed by atoms with E-state index in [9.17, 15) is 0 Å². The zero-order valence-electron chi connectivity index (χ0n) is 10.9. The van der Waals surface area contributed by atoms with Gasteiger partial charge in [0.05, 0.1) is 5.60 Å². The third-order valence-corrected chi connectivity index (χ3v) is 4.11. The summed E-state index contributed by atoms with van der Waals surface area (Å²) in [5, 5.41) is 4.31. The third-order valence-electron chi connectivity index (χ3n) is 4.11. The highest BCUT2D eigenvalue weighted by atomic mass is 16.5. The molecule has 0 aliphatic carbocycles. The lowest BCUT2D eigenvalue weighted by molar-refractivity contribution is 0.0375. The largest absolute Gasteiger partial charge is 0.425 e. The fourth-order valence-corrected chi connectivity index (χ4v) is 2.17. The Hall–Kier alpha value is -0.765. The first kappa shape index (κ1) is 11.7. The molecule has 0 saturated carbocycles. The van der Waals surface area contributed by atoms with E-state index >= 15 is 0 Å². The summed E-state index contributed by atoms with van der Waals surface area (Å²) >= 11 is 0. The van der Waals surface area contributed by atoms with Crippen LogP contribution in [0.15, 0.2) is 12.4 Å². The lowest BCUT2D eigenvalue weighted by atomic mass is 9.55. The average Bonchev–Trinajstić information content (AvgIpc) is 2.70. The van der Waals surface area contributed by atoms with Crippen LogP contribution < -0.4 is 5.46 Å². The fourth-order valence-electron chi connectivity index (χ4n) is 2.17. The molecular weight excluding hydrogens is 199 g/mol. The predicted molar refractivity (Wildman–Crippen MR) is 67.0 cm³/mol. The first-order valence-electron chi connectivity index (χ1n) is 6.06. The molecule has 0 amide bonds. The van der Waals surface area contributed by atoms with Gasteiger partial charge in [0.25, 0.3) is 0 Å². The van der Waals surface area contributed by atoms with E-state index in [1.165, 1.54) is 5.46 Å². The molecule has 16 heavy (non-hydrogen) atoms. The van der Waals surface area contributed by atoms with E-state index in [1.54, 1.807) is 0 Å². The Bertz CT molecular complexity index is 368. The molecule has 4 heteroatoms. The van der Waals surface area contributed by atoms with Gasteiger partial charge in [-0.2, -0.15) is 5.10 Å². The first-order chi connectivity index (χ1) is 7.36. The molecule has 2 rings (SSSR count). The zero-order chi connectivity index (χ0) is 12.0. The summed E-state index contributed by atoms with van der Waals surface area (Å²) in [6.45, 7) is 12.1. The van der Waals surface area contributed by atoms with Gasteiger partial charge in [0, 0.05) is 18.9 Å². The minimum Gasteiger partial charge on any atom is -0.425 e. The molecule has 0 unspecified atom stereocenters. The van der Waals surface area contributed by atoms with Crippen LogP contribution in [0.3, 0.4) is 0 Å². The molecule has 1 fully saturated rings. The normalized spacial score (nSPS) is 22.7. The maximum atomic E-state index is 6.15. The van der Waals surface area contributed by atoms with E-state index in [4.69, 9.17) is 4.65 Å². The molecule has 0 N–H and O–H groups in total. The number of hydrogen-bond acceptors (Lipinski definition) is 2. The summed E-state index contributed by atoms with van der Waals surface area (Å²) in [5.74, 6) is 0. The molecule has 3 nitrogen and oxygen atoms in total. The summed E-state index contributed by atoms with van der Waals surface area (Å²) < 4.78 is 8.11. The van der Waals surface area contributed by atoms with Crippen molar-refractivity contribution >= 4 is 12.4 Å². The summed E-state index contributed by atoms with van der Waals surface area (Å²) in [5.41, 5.74) is 1.36. The van der Waals surface area contributed by atoms with Crippen LogP contribution in [0.4, 0.5) is 0 Å². The predicted octanol–water partition coefficient (Wildman–Crippen LogP) is 1.94. The molecule has 2 heterocycles. The number of rotatable bonds is 2. The smallest absolute Gasteiger partial charge is 0.331 e. The summed E-state index contributed by atoms with van der Waals surface area (Å²) in [7, 11) is 0. The van der Waals surface area contributed by atoms with Crippen molar-refractivity contribution in [1.29, 1.82) is 0 Å². The van der Waals surface area contributed by atoms with Crippen LogP contribution >= 0.6 is 0 Å². The van der Waals surface area contributed by atoms with Crippen LogP contribution in [-0.2, 0) is 11.2 Å². The number of nitrogens with zero attached hydrogens (tertiary/aromatic N) is 2. The lowest BCUT2D eigenvalue weighted by Gasteiger charge is -2.34. The number of hydrogen-bond donors (Lipinski definition) is 0. The van der Waals surface area contributed by atoms with Crippen molar-refractivity contribution in [1.82, 2.24) is 9.78 Å². The minimum absolute atomic E-state index is 0.0635. The maximum absolute atomic E-state index is 6.15. The SMILES string of the molecule is CCn1cc(B2CC(C)(C)C(C)(C)O2)cn1. The van der Waals surface area contributed by atoms with Crippen molar-refractivity contribution in [2.75, 3.05) is 0 Å². The second-order valence-electron chi connectivity index (χ2n) is 5.83. The van der Waals surface area contributed by atoms with E-state index in [-0.39, 0.29) is 17.9 Å². The lowest BCUT2D eigenvalue weighted by Crippen LogP contribution is -2.35. The maximum Gasteiger partial charge on any atom is 0.331 e. The van der Waals surface area contributed by atoms with E-state index in [0.717, 1.165) is 12.9 Å². The molecular formula is C12H21BN2O. The van der Waals surface area contributed by atoms with E-state index in [1.807, 2.05) is 10.9 Å². The van der Waals surface area contributed by atoms with Crippen molar-refractivity contribution in [2.24, 2.45) is 5.41 Å². The van der Waals surface area contributed by atoms with E-state index in [2.05, 4.69) is 45.9 Å². The highest BCUT2D eigenvalue weighted by Gasteiger charge is 2.50. The molecule has 0 radical (unpaired) electrons. The van der Waals surface area contributed by atoms with Gasteiger partial charge in [-0.3, -0.25) is 4.68 Å². The van der Waals surface area contributed by atoms with Gasteiger partial charge in [-0.25, -0.2) is 0 Å². The average molecular weight is 220 g/mol. The van der Waals surface area contributed by atoms with Gasteiger partial charge in [-0.05, 0) is 38.0 Å². The Morgan fingerprint density at radius 3 is 2.56 bits per heavy atom. The van der Waals surface area contributed by atoms with Crippen molar-refractivity contribution in [3.05, 3.63) is 12.4 Å². The topological polar surface area (TPSA) is 27.1 Å². The van der Waals surface area contributed by atoms with Gasteiger partial charge in [0.2, 0.25) is 0 Å². The van der Waals surface area contributed by atoms with E-state index < -0.39 is 0 Å². The molecule has 1 aliphatic rings. The van der Waals surface area contributed by atoms with Crippen molar-refractivity contribution in [3.8, 4) is 0 Å². The van der Waals surface area contributed by atoms with Crippen LogP contribution in [-0.4, -0.2) is 22.3 Å². The van der Waals surface area contributed by atoms with Crippen LogP contribution in [0, 0.1) is 5.41 Å². The van der Waals surface area contributed by atoms with Crippen molar-refractivity contribution < 1.29 is 4.65 Å². The highest BCUT2D eigenvalue weighted by molar-refractivity contribution is 6.68. The van der Waals surface area contributed by atoms with Gasteiger partial charge in [-0.1, -0.05) is 13.8 Å². The third kappa shape index (κ3) is 1.79. The molecule has 88 valence electrons.